The monoisotopic (exact) mass is 331 g/mol. The Morgan fingerprint density at radius 2 is 1.72 bits per heavy atom. The van der Waals surface area contributed by atoms with Gasteiger partial charge in [0.15, 0.2) is 0 Å². The Kier molecular flexibility index (Phi) is 5.52. The van der Waals surface area contributed by atoms with Crippen LogP contribution >= 0.6 is 0 Å². The van der Waals surface area contributed by atoms with Crippen LogP contribution in [0.25, 0.3) is 11.3 Å². The molecule has 4 nitrogen and oxygen atoms in total. The van der Waals surface area contributed by atoms with E-state index >= 15 is 0 Å². The number of hydrogen-bond donors (Lipinski definition) is 1. The fourth-order valence-corrected chi connectivity index (χ4v) is 2.77. The second-order valence-electron chi connectivity index (χ2n) is 5.95. The van der Waals surface area contributed by atoms with Crippen molar-refractivity contribution in [2.45, 2.75) is 26.3 Å². The summed E-state index contributed by atoms with van der Waals surface area (Å²) in [4.78, 5) is 20.7. The van der Waals surface area contributed by atoms with Crippen LogP contribution in [0.4, 0.5) is 0 Å². The Hall–Kier alpha value is -3.01. The van der Waals surface area contributed by atoms with Crippen LogP contribution in [-0.4, -0.2) is 15.9 Å². The van der Waals surface area contributed by atoms with Crippen molar-refractivity contribution in [2.75, 3.05) is 0 Å². The zero-order valence-electron chi connectivity index (χ0n) is 14.3. The summed E-state index contributed by atoms with van der Waals surface area (Å²) in [5, 5.41) is 3.00. The molecule has 126 valence electrons. The molecular formula is C21H21N3O. The van der Waals surface area contributed by atoms with E-state index in [1.54, 1.807) is 18.6 Å². The summed E-state index contributed by atoms with van der Waals surface area (Å²) in [6.07, 6.45) is 6.49. The molecule has 0 atom stereocenters. The summed E-state index contributed by atoms with van der Waals surface area (Å²) >= 11 is 0. The molecule has 0 radical (unpaired) electrons. The summed E-state index contributed by atoms with van der Waals surface area (Å²) in [5.74, 6) is 0.0489. The molecule has 0 aliphatic rings. The predicted octanol–water partition coefficient (Wildman–Crippen LogP) is 3.70. The lowest BCUT2D eigenvalue weighted by atomic mass is 10.0. The maximum atomic E-state index is 12.2. The van der Waals surface area contributed by atoms with Crippen molar-refractivity contribution in [3.05, 3.63) is 83.8 Å². The molecule has 3 aromatic rings. The Bertz CT molecular complexity index is 847. The lowest BCUT2D eigenvalue weighted by molar-refractivity contribution is -0.121. The number of carbonyl (C=O) groups excluding carboxylic acids is 1. The van der Waals surface area contributed by atoms with E-state index in [4.69, 9.17) is 0 Å². The van der Waals surface area contributed by atoms with Crippen LogP contribution in [0.1, 0.15) is 23.1 Å². The minimum Gasteiger partial charge on any atom is -0.352 e. The summed E-state index contributed by atoms with van der Waals surface area (Å²) in [7, 11) is 0. The van der Waals surface area contributed by atoms with Crippen LogP contribution in [0.15, 0.2) is 67.1 Å². The Labute approximate surface area is 148 Å². The first-order valence-corrected chi connectivity index (χ1v) is 8.39. The topological polar surface area (TPSA) is 54.9 Å². The van der Waals surface area contributed by atoms with Crippen molar-refractivity contribution >= 4 is 5.91 Å². The molecule has 3 rings (SSSR count). The average Bonchev–Trinajstić information content (AvgIpc) is 2.66. The first kappa shape index (κ1) is 16.8. The van der Waals surface area contributed by atoms with Gasteiger partial charge in [0.1, 0.15) is 0 Å². The molecule has 0 spiro atoms. The van der Waals surface area contributed by atoms with Gasteiger partial charge in [0.2, 0.25) is 5.91 Å². The van der Waals surface area contributed by atoms with E-state index in [9.17, 15) is 4.79 Å². The van der Waals surface area contributed by atoms with Gasteiger partial charge in [-0.05, 0) is 48.2 Å². The number of aromatic nitrogens is 2. The van der Waals surface area contributed by atoms with E-state index in [1.165, 1.54) is 11.1 Å². The third kappa shape index (κ3) is 4.51. The minimum absolute atomic E-state index is 0.0489. The largest absolute Gasteiger partial charge is 0.352 e. The molecule has 1 amide bonds. The second kappa shape index (κ2) is 8.20. The minimum atomic E-state index is 0.0489. The summed E-state index contributed by atoms with van der Waals surface area (Å²) in [5.41, 5.74) is 5.32. The Morgan fingerprint density at radius 3 is 2.52 bits per heavy atom. The van der Waals surface area contributed by atoms with Gasteiger partial charge in [0, 0.05) is 37.1 Å². The van der Waals surface area contributed by atoms with Gasteiger partial charge >= 0.3 is 0 Å². The lowest BCUT2D eigenvalue weighted by Crippen LogP contribution is -2.23. The van der Waals surface area contributed by atoms with Gasteiger partial charge in [-0.2, -0.15) is 0 Å². The number of rotatable bonds is 6. The highest BCUT2D eigenvalue weighted by atomic mass is 16.1. The van der Waals surface area contributed by atoms with Crippen molar-refractivity contribution in [1.82, 2.24) is 15.3 Å². The average molecular weight is 331 g/mol. The maximum absolute atomic E-state index is 12.2. The van der Waals surface area contributed by atoms with Crippen LogP contribution in [0.2, 0.25) is 0 Å². The van der Waals surface area contributed by atoms with Crippen molar-refractivity contribution in [2.24, 2.45) is 0 Å². The molecule has 2 aromatic heterocycles. The normalized spacial score (nSPS) is 10.4. The fraction of sp³-hybridized carbons (Fsp3) is 0.190. The predicted molar refractivity (Wildman–Crippen MR) is 98.8 cm³/mol. The van der Waals surface area contributed by atoms with Crippen LogP contribution < -0.4 is 5.32 Å². The molecular weight excluding hydrogens is 310 g/mol. The fourth-order valence-electron chi connectivity index (χ4n) is 2.77. The number of hydrogen-bond acceptors (Lipinski definition) is 3. The molecule has 1 N–H and O–H groups in total. The van der Waals surface area contributed by atoms with Gasteiger partial charge < -0.3 is 5.32 Å². The molecule has 0 aliphatic heterocycles. The van der Waals surface area contributed by atoms with E-state index < -0.39 is 0 Å². The van der Waals surface area contributed by atoms with Gasteiger partial charge in [0.25, 0.3) is 0 Å². The number of aryl methyl sites for hydroxylation is 2. The third-order valence-electron chi connectivity index (χ3n) is 4.20. The second-order valence-corrected chi connectivity index (χ2v) is 5.95. The molecule has 0 saturated carbocycles. The third-order valence-corrected chi connectivity index (χ3v) is 4.20. The van der Waals surface area contributed by atoms with Crippen molar-refractivity contribution in [1.29, 1.82) is 0 Å². The molecule has 0 bridgehead atoms. The highest BCUT2D eigenvalue weighted by Crippen LogP contribution is 2.20. The maximum Gasteiger partial charge on any atom is 0.220 e. The van der Waals surface area contributed by atoms with Gasteiger partial charge in [0.05, 0.1) is 5.69 Å². The van der Waals surface area contributed by atoms with E-state index in [0.717, 1.165) is 23.2 Å². The number of carbonyl (C=O) groups is 1. The summed E-state index contributed by atoms with van der Waals surface area (Å²) in [6, 6.07) is 15.9. The molecule has 0 aliphatic carbocycles. The number of benzene rings is 1. The molecule has 2 heterocycles. The van der Waals surface area contributed by atoms with Gasteiger partial charge in [-0.25, -0.2) is 0 Å². The van der Waals surface area contributed by atoms with Crippen LogP contribution in [0.5, 0.6) is 0 Å². The lowest BCUT2D eigenvalue weighted by Gasteiger charge is -2.10. The Balaban J connectivity index is 1.60. The van der Waals surface area contributed by atoms with Crippen molar-refractivity contribution in [3.8, 4) is 11.3 Å². The van der Waals surface area contributed by atoms with Crippen LogP contribution in [-0.2, 0) is 17.8 Å². The summed E-state index contributed by atoms with van der Waals surface area (Å²) in [6.45, 7) is 2.54. The zero-order chi connectivity index (χ0) is 17.5. The number of nitrogens with zero attached hydrogens (tertiary/aromatic N) is 2. The molecule has 1 aromatic carbocycles. The molecule has 0 saturated heterocycles. The Morgan fingerprint density at radius 1 is 0.960 bits per heavy atom. The van der Waals surface area contributed by atoms with Crippen LogP contribution in [0.3, 0.4) is 0 Å². The number of nitrogens with one attached hydrogen (secondary N) is 1. The highest BCUT2D eigenvalue weighted by Gasteiger charge is 2.08. The van der Waals surface area contributed by atoms with Gasteiger partial charge in [-0.15, -0.1) is 0 Å². The molecule has 4 heteroatoms. The number of pyridine rings is 2. The SMILES string of the molecule is Cc1ccccc1CCC(=O)NCc1cccnc1-c1ccncc1. The van der Waals surface area contributed by atoms with E-state index in [2.05, 4.69) is 34.3 Å². The first-order chi connectivity index (χ1) is 12.2. The van der Waals surface area contributed by atoms with Gasteiger partial charge in [-0.3, -0.25) is 14.8 Å². The number of amides is 1. The highest BCUT2D eigenvalue weighted by molar-refractivity contribution is 5.76. The van der Waals surface area contributed by atoms with E-state index in [1.807, 2.05) is 36.4 Å². The molecule has 0 unspecified atom stereocenters. The smallest absolute Gasteiger partial charge is 0.220 e. The zero-order valence-corrected chi connectivity index (χ0v) is 14.3. The van der Waals surface area contributed by atoms with Gasteiger partial charge in [-0.1, -0.05) is 30.3 Å². The van der Waals surface area contributed by atoms with Crippen molar-refractivity contribution < 1.29 is 4.79 Å². The van der Waals surface area contributed by atoms with E-state index in [0.29, 0.717) is 13.0 Å². The molecule has 0 fully saturated rings. The standard InChI is InChI=1S/C21H21N3O/c1-16-5-2-3-6-17(16)8-9-20(25)24-15-19-7-4-12-23-21(19)18-10-13-22-14-11-18/h2-7,10-14H,8-9,15H2,1H3,(H,24,25). The molecule has 25 heavy (non-hydrogen) atoms. The van der Waals surface area contributed by atoms with Crippen molar-refractivity contribution in [3.63, 3.8) is 0 Å². The van der Waals surface area contributed by atoms with E-state index in [-0.39, 0.29) is 5.91 Å². The van der Waals surface area contributed by atoms with Crippen LogP contribution in [0, 0.1) is 6.92 Å². The summed E-state index contributed by atoms with van der Waals surface area (Å²) < 4.78 is 0. The quantitative estimate of drug-likeness (QED) is 0.749. The first-order valence-electron chi connectivity index (χ1n) is 8.39.